The number of aromatic nitrogens is 3. The van der Waals surface area contributed by atoms with Crippen LogP contribution >= 0.6 is 0 Å². The first-order valence-corrected chi connectivity index (χ1v) is 8.49. The van der Waals surface area contributed by atoms with Crippen LogP contribution in [0.2, 0.25) is 0 Å². The monoisotopic (exact) mass is 365 g/mol. The van der Waals surface area contributed by atoms with Crippen LogP contribution in [0.25, 0.3) is 11.5 Å². The van der Waals surface area contributed by atoms with Gasteiger partial charge in [-0.2, -0.15) is 0 Å². The van der Waals surface area contributed by atoms with Crippen LogP contribution in [-0.2, 0) is 6.42 Å². The molecule has 0 fully saturated rings. The van der Waals surface area contributed by atoms with Gasteiger partial charge in [0.2, 0.25) is 5.75 Å². The fourth-order valence-electron chi connectivity index (χ4n) is 2.68. The Labute approximate surface area is 155 Å². The van der Waals surface area contributed by atoms with Gasteiger partial charge in [-0.05, 0) is 42.7 Å². The minimum Gasteiger partial charge on any atom is -0.501 e. The number of nitrogens with zero attached hydrogens (tertiary/aromatic N) is 2. The molecule has 0 atom stereocenters. The van der Waals surface area contributed by atoms with Crippen molar-refractivity contribution < 1.29 is 14.6 Å². The molecule has 7 heteroatoms. The Morgan fingerprint density at radius 2 is 2.07 bits per heavy atom. The van der Waals surface area contributed by atoms with Crippen LogP contribution in [0.15, 0.2) is 53.5 Å². The Hall–Kier alpha value is -3.48. The number of aromatic amines is 1. The molecule has 3 aromatic rings. The smallest absolute Gasteiger partial charge is 0.294 e. The summed E-state index contributed by atoms with van der Waals surface area (Å²) in [5.74, 6) is -0.151. The van der Waals surface area contributed by atoms with Crippen molar-refractivity contribution in [1.82, 2.24) is 15.0 Å². The Balaban J connectivity index is 1.74. The number of carbonyl (C=O) groups is 1. The highest BCUT2D eigenvalue weighted by atomic mass is 16.5. The van der Waals surface area contributed by atoms with Crippen molar-refractivity contribution in [3.05, 3.63) is 70.3 Å². The van der Waals surface area contributed by atoms with Gasteiger partial charge >= 0.3 is 0 Å². The minimum atomic E-state index is -0.762. The van der Waals surface area contributed by atoms with Gasteiger partial charge in [0.05, 0.1) is 7.11 Å². The van der Waals surface area contributed by atoms with E-state index in [1.807, 2.05) is 24.3 Å². The molecule has 0 radical (unpaired) electrons. The molecule has 0 spiro atoms. The first-order chi connectivity index (χ1) is 13.1. The van der Waals surface area contributed by atoms with Gasteiger partial charge in [0, 0.05) is 12.6 Å². The van der Waals surface area contributed by atoms with Crippen LogP contribution < -0.4 is 10.3 Å². The molecule has 0 bridgehead atoms. The minimum absolute atomic E-state index is 0.148. The maximum absolute atomic E-state index is 12.5. The second-order valence-electron chi connectivity index (χ2n) is 5.95. The molecule has 0 amide bonds. The lowest BCUT2D eigenvalue weighted by molar-refractivity contribution is 0.0972. The third kappa shape index (κ3) is 4.38. The van der Waals surface area contributed by atoms with E-state index in [2.05, 4.69) is 15.0 Å². The number of rotatable bonds is 7. The highest BCUT2D eigenvalue weighted by molar-refractivity contribution is 5.96. The number of benzene rings is 1. The molecule has 0 aliphatic rings. The number of ether oxygens (including phenoxy) is 1. The van der Waals surface area contributed by atoms with Crippen molar-refractivity contribution in [2.45, 2.75) is 19.3 Å². The fourth-order valence-corrected chi connectivity index (χ4v) is 2.68. The molecule has 0 aliphatic carbocycles. The number of nitrogens with one attached hydrogen (secondary N) is 1. The summed E-state index contributed by atoms with van der Waals surface area (Å²) in [6.07, 6.45) is 2.93. The number of aromatic hydroxyl groups is 1. The third-order valence-electron chi connectivity index (χ3n) is 4.07. The van der Waals surface area contributed by atoms with Gasteiger partial charge in [0.1, 0.15) is 11.4 Å². The molecule has 2 N–H and O–H groups in total. The fraction of sp³-hybridized carbons (Fsp3) is 0.200. The van der Waals surface area contributed by atoms with Crippen LogP contribution in [0, 0.1) is 0 Å². The number of Topliss-reactive ketones (excluding diaryl/α,β-unsaturated/α-hetero) is 1. The Kier molecular flexibility index (Phi) is 5.61. The zero-order valence-corrected chi connectivity index (χ0v) is 14.8. The summed E-state index contributed by atoms with van der Waals surface area (Å²) in [5, 5.41) is 9.96. The van der Waals surface area contributed by atoms with Crippen LogP contribution in [-0.4, -0.2) is 33.0 Å². The second kappa shape index (κ2) is 8.27. The van der Waals surface area contributed by atoms with Gasteiger partial charge in [0.25, 0.3) is 5.56 Å². The molecule has 2 heterocycles. The first-order valence-electron chi connectivity index (χ1n) is 8.49. The van der Waals surface area contributed by atoms with Crippen molar-refractivity contribution in [2.75, 3.05) is 7.11 Å². The number of hydrogen-bond acceptors (Lipinski definition) is 6. The number of aryl methyl sites for hydroxylation is 1. The number of ketones is 1. The van der Waals surface area contributed by atoms with Crippen LogP contribution in [0.1, 0.15) is 28.9 Å². The van der Waals surface area contributed by atoms with Gasteiger partial charge in [-0.15, -0.1) is 0 Å². The topological polar surface area (TPSA) is 105 Å². The SMILES string of the molecule is COc1cccc(CCCC(=O)c2nc(-c3ccccn3)[nH]c(=O)c2O)c1. The number of pyridine rings is 1. The van der Waals surface area contributed by atoms with Crippen molar-refractivity contribution in [2.24, 2.45) is 0 Å². The Morgan fingerprint density at radius 1 is 1.22 bits per heavy atom. The Morgan fingerprint density at radius 3 is 2.81 bits per heavy atom. The quantitative estimate of drug-likeness (QED) is 0.624. The van der Waals surface area contributed by atoms with Gasteiger partial charge < -0.3 is 14.8 Å². The largest absolute Gasteiger partial charge is 0.501 e. The predicted molar refractivity (Wildman–Crippen MR) is 100 cm³/mol. The van der Waals surface area contributed by atoms with Gasteiger partial charge in [0.15, 0.2) is 17.3 Å². The summed E-state index contributed by atoms with van der Waals surface area (Å²) >= 11 is 0. The van der Waals surface area contributed by atoms with Crippen molar-refractivity contribution in [3.63, 3.8) is 0 Å². The molecule has 27 heavy (non-hydrogen) atoms. The van der Waals surface area contributed by atoms with E-state index in [-0.39, 0.29) is 17.9 Å². The lowest BCUT2D eigenvalue weighted by Gasteiger charge is -2.07. The van der Waals surface area contributed by atoms with E-state index in [9.17, 15) is 14.7 Å². The van der Waals surface area contributed by atoms with Crippen LogP contribution in [0.4, 0.5) is 0 Å². The summed E-state index contributed by atoms with van der Waals surface area (Å²) < 4.78 is 5.18. The first kappa shape index (κ1) is 18.3. The lowest BCUT2D eigenvalue weighted by atomic mass is 10.0. The normalized spacial score (nSPS) is 10.6. The average molecular weight is 365 g/mol. The number of methoxy groups -OCH3 is 1. The summed E-state index contributed by atoms with van der Waals surface area (Å²) in [4.78, 5) is 35.1. The molecule has 1 aromatic carbocycles. The van der Waals surface area contributed by atoms with E-state index in [0.29, 0.717) is 18.5 Å². The molecule has 0 unspecified atom stereocenters. The van der Waals surface area contributed by atoms with E-state index in [0.717, 1.165) is 11.3 Å². The van der Waals surface area contributed by atoms with Crippen molar-refractivity contribution in [1.29, 1.82) is 0 Å². The van der Waals surface area contributed by atoms with E-state index in [1.54, 1.807) is 31.5 Å². The molecule has 3 rings (SSSR count). The van der Waals surface area contributed by atoms with E-state index in [1.165, 1.54) is 0 Å². The summed E-state index contributed by atoms with van der Waals surface area (Å²) in [5.41, 5.74) is 0.464. The zero-order chi connectivity index (χ0) is 19.2. The maximum atomic E-state index is 12.5. The predicted octanol–water partition coefficient (Wildman–Crippen LogP) is 2.75. The average Bonchev–Trinajstić information content (AvgIpc) is 2.70. The summed E-state index contributed by atoms with van der Waals surface area (Å²) in [6.45, 7) is 0. The number of H-pyrrole nitrogens is 1. The molecular weight excluding hydrogens is 346 g/mol. The number of hydrogen-bond donors (Lipinski definition) is 2. The van der Waals surface area contributed by atoms with Gasteiger partial charge in [-0.25, -0.2) is 4.98 Å². The second-order valence-corrected chi connectivity index (χ2v) is 5.95. The summed E-state index contributed by atoms with van der Waals surface area (Å²) in [7, 11) is 1.60. The molecule has 7 nitrogen and oxygen atoms in total. The standard InChI is InChI=1S/C20H19N3O4/c1-27-14-8-4-6-13(12-14)7-5-10-16(24)17-18(25)20(26)23-19(22-17)15-9-2-3-11-21-15/h2-4,6,8-9,11-12,25H,5,7,10H2,1H3,(H,22,23,26). The third-order valence-corrected chi connectivity index (χ3v) is 4.07. The maximum Gasteiger partial charge on any atom is 0.294 e. The van der Waals surface area contributed by atoms with E-state index in [4.69, 9.17) is 4.74 Å². The molecular formula is C20H19N3O4. The zero-order valence-electron chi connectivity index (χ0n) is 14.8. The molecule has 0 saturated heterocycles. The van der Waals surface area contributed by atoms with Crippen LogP contribution in [0.3, 0.4) is 0 Å². The Bertz CT molecular complexity index is 1000. The van der Waals surface area contributed by atoms with Gasteiger partial charge in [-0.1, -0.05) is 18.2 Å². The highest BCUT2D eigenvalue weighted by Gasteiger charge is 2.18. The van der Waals surface area contributed by atoms with Gasteiger partial charge in [-0.3, -0.25) is 14.6 Å². The van der Waals surface area contributed by atoms with E-state index >= 15 is 0 Å². The molecule has 138 valence electrons. The highest BCUT2D eigenvalue weighted by Crippen LogP contribution is 2.18. The molecule has 0 aliphatic heterocycles. The van der Waals surface area contributed by atoms with Crippen molar-refractivity contribution >= 4 is 5.78 Å². The molecule has 0 saturated carbocycles. The number of carbonyl (C=O) groups excluding carboxylic acids is 1. The van der Waals surface area contributed by atoms with E-state index < -0.39 is 17.1 Å². The van der Waals surface area contributed by atoms with Crippen molar-refractivity contribution in [3.8, 4) is 23.0 Å². The lowest BCUT2D eigenvalue weighted by Crippen LogP contribution is -2.16. The summed E-state index contributed by atoms with van der Waals surface area (Å²) in [6, 6.07) is 12.7. The van der Waals surface area contributed by atoms with Crippen LogP contribution in [0.5, 0.6) is 11.5 Å². The molecule has 2 aromatic heterocycles.